The Hall–Kier alpha value is -1.22. The van der Waals surface area contributed by atoms with Crippen LogP contribution < -0.4 is 0 Å². The van der Waals surface area contributed by atoms with E-state index in [0.29, 0.717) is 0 Å². The smallest absolute Gasteiger partial charge is 0.128 e. The van der Waals surface area contributed by atoms with Crippen LogP contribution in [-0.2, 0) is 24.6 Å². The van der Waals surface area contributed by atoms with Crippen molar-refractivity contribution in [1.29, 1.82) is 0 Å². The highest BCUT2D eigenvalue weighted by atomic mass is 79.9. The van der Waals surface area contributed by atoms with E-state index in [0.717, 1.165) is 36.8 Å². The lowest BCUT2D eigenvalue weighted by atomic mass is 10.1. The zero-order chi connectivity index (χ0) is 13.5. The minimum Gasteiger partial charge on any atom is -0.241 e. The van der Waals surface area contributed by atoms with Crippen molar-refractivity contribution in [2.75, 3.05) is 0 Å². The summed E-state index contributed by atoms with van der Waals surface area (Å²) in [4.78, 5) is 9.17. The van der Waals surface area contributed by atoms with E-state index < -0.39 is 0 Å². The van der Waals surface area contributed by atoms with Crippen LogP contribution >= 0.6 is 15.9 Å². The maximum Gasteiger partial charge on any atom is 0.128 e. The maximum atomic E-state index is 4.71. The average molecular weight is 319 g/mol. The maximum absolute atomic E-state index is 4.71. The van der Waals surface area contributed by atoms with E-state index in [1.165, 1.54) is 16.8 Å². The minimum absolute atomic E-state index is 0.835. The molecule has 0 radical (unpaired) electrons. The van der Waals surface area contributed by atoms with Crippen LogP contribution in [0.25, 0.3) is 0 Å². The molecule has 19 heavy (non-hydrogen) atoms. The van der Waals surface area contributed by atoms with Crippen molar-refractivity contribution in [2.45, 2.75) is 37.9 Å². The highest BCUT2D eigenvalue weighted by Gasteiger charge is 2.06. The summed E-state index contributed by atoms with van der Waals surface area (Å²) in [5, 5.41) is 0.835. The molecule has 0 fully saturated rings. The second-order valence-corrected chi connectivity index (χ2v) is 5.19. The Balaban J connectivity index is 2.06. The van der Waals surface area contributed by atoms with Gasteiger partial charge >= 0.3 is 0 Å². The van der Waals surface area contributed by atoms with Crippen molar-refractivity contribution < 1.29 is 0 Å². The lowest BCUT2D eigenvalue weighted by Gasteiger charge is -2.07. The summed E-state index contributed by atoms with van der Waals surface area (Å²) in [6.45, 7) is 2.18. The Kier molecular flexibility index (Phi) is 5.52. The molecule has 2 nitrogen and oxygen atoms in total. The van der Waals surface area contributed by atoms with Crippen molar-refractivity contribution in [1.82, 2.24) is 9.97 Å². The molecule has 1 heterocycles. The molecule has 0 unspecified atom stereocenters. The molecule has 0 aliphatic rings. The summed E-state index contributed by atoms with van der Waals surface area (Å²) in [6, 6.07) is 10.5. The van der Waals surface area contributed by atoms with E-state index in [2.05, 4.69) is 52.1 Å². The molecule has 0 amide bonds. The van der Waals surface area contributed by atoms with Crippen LogP contribution in [0.15, 0.2) is 36.5 Å². The molecule has 100 valence electrons. The van der Waals surface area contributed by atoms with Gasteiger partial charge in [0.2, 0.25) is 0 Å². The number of aromatic nitrogens is 2. The molecule has 0 aliphatic heterocycles. The standard InChI is InChI=1S/C16H19BrN2/c1-2-6-15-14(11-17)12-18-16(19-15)10-9-13-7-4-3-5-8-13/h3-5,7-8,12H,2,6,9-11H2,1H3. The molecular formula is C16H19BrN2. The highest BCUT2D eigenvalue weighted by molar-refractivity contribution is 9.08. The van der Waals surface area contributed by atoms with Crippen LogP contribution in [0.5, 0.6) is 0 Å². The minimum atomic E-state index is 0.835. The monoisotopic (exact) mass is 318 g/mol. The number of hydrogen-bond acceptors (Lipinski definition) is 2. The largest absolute Gasteiger partial charge is 0.241 e. The topological polar surface area (TPSA) is 25.8 Å². The summed E-state index contributed by atoms with van der Waals surface area (Å²) in [5.41, 5.74) is 3.75. The van der Waals surface area contributed by atoms with E-state index in [1.54, 1.807) is 0 Å². The molecular weight excluding hydrogens is 300 g/mol. The van der Waals surface area contributed by atoms with Crippen molar-refractivity contribution >= 4 is 15.9 Å². The Morgan fingerprint density at radius 3 is 2.53 bits per heavy atom. The first-order valence-electron chi connectivity index (χ1n) is 6.77. The number of nitrogens with zero attached hydrogens (tertiary/aromatic N) is 2. The van der Waals surface area contributed by atoms with Crippen molar-refractivity contribution in [3.05, 3.63) is 59.2 Å². The summed E-state index contributed by atoms with van der Waals surface area (Å²) >= 11 is 3.50. The lowest BCUT2D eigenvalue weighted by Crippen LogP contribution is -2.04. The third kappa shape index (κ3) is 4.13. The molecule has 0 aliphatic carbocycles. The van der Waals surface area contributed by atoms with E-state index in [4.69, 9.17) is 4.98 Å². The fourth-order valence-corrected chi connectivity index (χ4v) is 2.54. The zero-order valence-electron chi connectivity index (χ0n) is 11.3. The van der Waals surface area contributed by atoms with Crippen molar-refractivity contribution in [3.63, 3.8) is 0 Å². The first-order chi connectivity index (χ1) is 9.33. The second kappa shape index (κ2) is 7.39. The summed E-state index contributed by atoms with van der Waals surface area (Å²) in [7, 11) is 0. The predicted molar refractivity (Wildman–Crippen MR) is 82.5 cm³/mol. The molecule has 0 saturated heterocycles. The Labute approximate surface area is 123 Å². The number of alkyl halides is 1. The molecule has 3 heteroatoms. The molecule has 0 spiro atoms. The first-order valence-corrected chi connectivity index (χ1v) is 7.89. The molecule has 0 bridgehead atoms. The van der Waals surface area contributed by atoms with E-state index in [9.17, 15) is 0 Å². The summed E-state index contributed by atoms with van der Waals surface area (Å²) < 4.78 is 0. The third-order valence-corrected chi connectivity index (χ3v) is 3.72. The normalized spacial score (nSPS) is 10.6. The van der Waals surface area contributed by atoms with Crippen molar-refractivity contribution in [3.8, 4) is 0 Å². The van der Waals surface area contributed by atoms with Gasteiger partial charge in [-0.05, 0) is 18.4 Å². The Morgan fingerprint density at radius 2 is 1.84 bits per heavy atom. The van der Waals surface area contributed by atoms with Gasteiger partial charge in [-0.25, -0.2) is 9.97 Å². The molecule has 2 aromatic rings. The van der Waals surface area contributed by atoms with Crippen LogP contribution in [0, 0.1) is 0 Å². The van der Waals surface area contributed by atoms with Gasteiger partial charge in [-0.15, -0.1) is 0 Å². The van der Waals surface area contributed by atoms with Crippen LogP contribution in [0.4, 0.5) is 0 Å². The fraction of sp³-hybridized carbons (Fsp3) is 0.375. The average Bonchev–Trinajstić information content (AvgIpc) is 2.47. The molecule has 0 saturated carbocycles. The number of halogens is 1. The number of aryl methyl sites for hydroxylation is 3. The van der Waals surface area contributed by atoms with Gasteiger partial charge in [0.15, 0.2) is 0 Å². The van der Waals surface area contributed by atoms with Gasteiger partial charge in [0.1, 0.15) is 5.82 Å². The molecule has 1 aromatic carbocycles. The highest BCUT2D eigenvalue weighted by Crippen LogP contribution is 2.13. The zero-order valence-corrected chi connectivity index (χ0v) is 12.9. The van der Waals surface area contributed by atoms with Crippen LogP contribution in [0.1, 0.15) is 36.0 Å². The van der Waals surface area contributed by atoms with Gasteiger partial charge in [0.25, 0.3) is 0 Å². The number of benzene rings is 1. The van der Waals surface area contributed by atoms with E-state index in [1.807, 2.05) is 12.3 Å². The lowest BCUT2D eigenvalue weighted by molar-refractivity contribution is 0.794. The quantitative estimate of drug-likeness (QED) is 0.749. The summed E-state index contributed by atoms with van der Waals surface area (Å²) in [5.74, 6) is 0.956. The number of rotatable bonds is 6. The molecule has 0 N–H and O–H groups in total. The Morgan fingerprint density at radius 1 is 1.05 bits per heavy atom. The molecule has 1 aromatic heterocycles. The third-order valence-electron chi connectivity index (χ3n) is 3.11. The van der Waals surface area contributed by atoms with Crippen LogP contribution in [-0.4, -0.2) is 9.97 Å². The van der Waals surface area contributed by atoms with Crippen molar-refractivity contribution in [2.24, 2.45) is 0 Å². The van der Waals surface area contributed by atoms with Gasteiger partial charge in [0.05, 0.1) is 0 Å². The van der Waals surface area contributed by atoms with Gasteiger partial charge in [-0.3, -0.25) is 0 Å². The van der Waals surface area contributed by atoms with Gasteiger partial charge in [0, 0.05) is 29.2 Å². The van der Waals surface area contributed by atoms with Crippen LogP contribution in [0.3, 0.4) is 0 Å². The summed E-state index contributed by atoms with van der Waals surface area (Å²) in [6.07, 6.45) is 6.02. The fourth-order valence-electron chi connectivity index (χ4n) is 2.07. The van der Waals surface area contributed by atoms with Gasteiger partial charge < -0.3 is 0 Å². The van der Waals surface area contributed by atoms with E-state index in [-0.39, 0.29) is 0 Å². The predicted octanol–water partition coefficient (Wildman–Crippen LogP) is 4.11. The van der Waals surface area contributed by atoms with Gasteiger partial charge in [-0.1, -0.05) is 59.6 Å². The number of hydrogen-bond donors (Lipinski definition) is 0. The first kappa shape index (κ1) is 14.2. The Bertz CT molecular complexity index is 511. The van der Waals surface area contributed by atoms with E-state index >= 15 is 0 Å². The van der Waals surface area contributed by atoms with Gasteiger partial charge in [-0.2, -0.15) is 0 Å². The SMILES string of the molecule is CCCc1nc(CCc2ccccc2)ncc1CBr. The molecule has 0 atom stereocenters. The van der Waals surface area contributed by atoms with Crippen LogP contribution in [0.2, 0.25) is 0 Å². The molecule has 2 rings (SSSR count). The second-order valence-electron chi connectivity index (χ2n) is 4.63.